The number of hydrogen-bond donors (Lipinski definition) is 2. The molecule has 0 aromatic heterocycles. The lowest BCUT2D eigenvalue weighted by Crippen LogP contribution is -2.41. The molecule has 128 valence electrons. The Bertz CT molecular complexity index is 373. The van der Waals surface area contributed by atoms with E-state index in [-0.39, 0.29) is 35.5 Å². The molecule has 0 aromatic rings. The number of nitrogens with one attached hydrogen (secondary N) is 2. The van der Waals surface area contributed by atoms with E-state index in [0.29, 0.717) is 31.6 Å². The number of guanidine groups is 1. The van der Waals surface area contributed by atoms with Crippen molar-refractivity contribution in [3.8, 4) is 0 Å². The molecular formula is C13H30IN3O3S. The third kappa shape index (κ3) is 14.6. The molecule has 0 atom stereocenters. The summed E-state index contributed by atoms with van der Waals surface area (Å²) in [6, 6.07) is 0. The van der Waals surface area contributed by atoms with Crippen molar-refractivity contribution in [3.63, 3.8) is 0 Å². The Hall–Kier alpha value is -0.0900. The second-order valence-corrected chi connectivity index (χ2v) is 7.43. The fourth-order valence-corrected chi connectivity index (χ4v) is 2.05. The number of sulfone groups is 1. The molecule has 0 aliphatic heterocycles. The van der Waals surface area contributed by atoms with Crippen molar-refractivity contribution in [1.82, 2.24) is 10.6 Å². The lowest BCUT2D eigenvalue weighted by atomic mass is 10.1. The highest BCUT2D eigenvalue weighted by Crippen LogP contribution is 1.98. The maximum atomic E-state index is 11.3. The maximum Gasteiger partial charge on any atom is 0.191 e. The van der Waals surface area contributed by atoms with Crippen LogP contribution in [0.1, 0.15) is 27.2 Å². The van der Waals surface area contributed by atoms with Crippen molar-refractivity contribution >= 4 is 39.8 Å². The van der Waals surface area contributed by atoms with Gasteiger partial charge in [-0.2, -0.15) is 0 Å². The average Bonchev–Trinajstić information content (AvgIpc) is 2.40. The van der Waals surface area contributed by atoms with E-state index in [4.69, 9.17) is 4.74 Å². The molecule has 8 heteroatoms. The summed E-state index contributed by atoms with van der Waals surface area (Å²) >= 11 is 0. The molecule has 0 heterocycles. The van der Waals surface area contributed by atoms with Crippen molar-refractivity contribution in [3.05, 3.63) is 0 Å². The van der Waals surface area contributed by atoms with Gasteiger partial charge in [-0.05, 0) is 12.3 Å². The second kappa shape index (κ2) is 13.6. The Morgan fingerprint density at radius 3 is 2.33 bits per heavy atom. The van der Waals surface area contributed by atoms with Gasteiger partial charge in [-0.3, -0.25) is 4.99 Å². The predicted molar refractivity (Wildman–Crippen MR) is 99.4 cm³/mol. The first-order valence-electron chi connectivity index (χ1n) is 7.14. The first-order valence-corrected chi connectivity index (χ1v) is 8.96. The molecule has 0 aliphatic rings. The van der Waals surface area contributed by atoms with Gasteiger partial charge in [0.1, 0.15) is 0 Å². The third-order valence-corrected chi connectivity index (χ3v) is 4.45. The van der Waals surface area contributed by atoms with Crippen molar-refractivity contribution in [2.45, 2.75) is 27.2 Å². The largest absolute Gasteiger partial charge is 0.380 e. The molecule has 0 bridgehead atoms. The molecule has 0 spiro atoms. The van der Waals surface area contributed by atoms with E-state index >= 15 is 0 Å². The highest BCUT2D eigenvalue weighted by atomic mass is 127. The van der Waals surface area contributed by atoms with E-state index in [2.05, 4.69) is 29.5 Å². The Morgan fingerprint density at radius 2 is 1.81 bits per heavy atom. The van der Waals surface area contributed by atoms with Crippen LogP contribution in [0.2, 0.25) is 0 Å². The molecular weight excluding hydrogens is 405 g/mol. The van der Waals surface area contributed by atoms with Crippen LogP contribution in [0, 0.1) is 5.92 Å². The first kappa shape index (κ1) is 23.2. The van der Waals surface area contributed by atoms with Gasteiger partial charge in [-0.15, -0.1) is 24.0 Å². The van der Waals surface area contributed by atoms with E-state index in [9.17, 15) is 8.42 Å². The van der Waals surface area contributed by atoms with Crippen LogP contribution in [0.3, 0.4) is 0 Å². The van der Waals surface area contributed by atoms with Crippen molar-refractivity contribution < 1.29 is 13.2 Å². The number of halogens is 1. The molecule has 2 N–H and O–H groups in total. The Kier molecular flexibility index (Phi) is 15.0. The minimum atomic E-state index is -2.93. The lowest BCUT2D eigenvalue weighted by Gasteiger charge is -2.12. The molecule has 0 aliphatic carbocycles. The molecule has 0 amide bonds. The Morgan fingerprint density at radius 1 is 1.19 bits per heavy atom. The summed E-state index contributed by atoms with van der Waals surface area (Å²) in [5, 5.41) is 6.05. The fourth-order valence-electron chi connectivity index (χ4n) is 1.35. The standard InChI is InChI=1S/C13H29N3O3S.HI/c1-5-20(17,18)11-8-16-13(14-4)15-7-10-19-9-6-12(2)3;/h12H,5-11H2,1-4H3,(H2,14,15,16);1H. The number of hydrogen-bond acceptors (Lipinski definition) is 4. The zero-order valence-corrected chi connectivity index (χ0v) is 16.7. The number of ether oxygens (including phenoxy) is 1. The number of rotatable bonds is 10. The Balaban J connectivity index is 0. The minimum Gasteiger partial charge on any atom is -0.380 e. The summed E-state index contributed by atoms with van der Waals surface area (Å²) in [6.45, 7) is 8.37. The van der Waals surface area contributed by atoms with Gasteiger partial charge < -0.3 is 15.4 Å². The van der Waals surface area contributed by atoms with E-state index in [1.165, 1.54) is 0 Å². The molecule has 0 saturated heterocycles. The SMILES string of the molecule is CCS(=O)(=O)CCNC(=NC)NCCOCCC(C)C.I. The van der Waals surface area contributed by atoms with Gasteiger partial charge in [0, 0.05) is 32.5 Å². The summed E-state index contributed by atoms with van der Waals surface area (Å²) in [5.74, 6) is 1.54. The number of aliphatic imine (C=N–C) groups is 1. The fraction of sp³-hybridized carbons (Fsp3) is 0.923. The molecule has 0 unspecified atom stereocenters. The van der Waals surface area contributed by atoms with Crippen LogP contribution in [0.5, 0.6) is 0 Å². The first-order chi connectivity index (χ1) is 9.41. The molecule has 0 rings (SSSR count). The van der Waals surface area contributed by atoms with Crippen LogP contribution < -0.4 is 10.6 Å². The van der Waals surface area contributed by atoms with Gasteiger partial charge in [0.05, 0.1) is 12.4 Å². The average molecular weight is 435 g/mol. The summed E-state index contributed by atoms with van der Waals surface area (Å²) < 4.78 is 28.1. The summed E-state index contributed by atoms with van der Waals surface area (Å²) in [5.41, 5.74) is 0. The van der Waals surface area contributed by atoms with Gasteiger partial charge >= 0.3 is 0 Å². The zero-order valence-electron chi connectivity index (χ0n) is 13.5. The van der Waals surface area contributed by atoms with Crippen LogP contribution in [0.15, 0.2) is 4.99 Å². The highest BCUT2D eigenvalue weighted by molar-refractivity contribution is 14.0. The van der Waals surface area contributed by atoms with Crippen LogP contribution in [0.25, 0.3) is 0 Å². The Labute approximate surface area is 146 Å². The lowest BCUT2D eigenvalue weighted by molar-refractivity contribution is 0.128. The molecule has 0 fully saturated rings. The topological polar surface area (TPSA) is 79.8 Å². The molecule has 0 aromatic carbocycles. The van der Waals surface area contributed by atoms with Crippen LogP contribution in [-0.2, 0) is 14.6 Å². The van der Waals surface area contributed by atoms with Gasteiger partial charge in [-0.25, -0.2) is 8.42 Å². The summed E-state index contributed by atoms with van der Waals surface area (Å²) in [7, 11) is -1.28. The van der Waals surface area contributed by atoms with Gasteiger partial charge in [0.15, 0.2) is 15.8 Å². The summed E-state index contributed by atoms with van der Waals surface area (Å²) in [4.78, 5) is 4.02. The molecule has 0 radical (unpaired) electrons. The van der Waals surface area contributed by atoms with E-state index in [0.717, 1.165) is 13.0 Å². The van der Waals surface area contributed by atoms with Crippen molar-refractivity contribution in [2.75, 3.05) is 44.9 Å². The van der Waals surface area contributed by atoms with Gasteiger partial charge in [-0.1, -0.05) is 20.8 Å². The predicted octanol–water partition coefficient (Wildman–Crippen LogP) is 1.27. The van der Waals surface area contributed by atoms with Gasteiger partial charge in [0.2, 0.25) is 0 Å². The minimum absolute atomic E-state index is 0. The zero-order chi connectivity index (χ0) is 15.4. The third-order valence-electron chi connectivity index (χ3n) is 2.75. The van der Waals surface area contributed by atoms with Crippen LogP contribution in [0.4, 0.5) is 0 Å². The monoisotopic (exact) mass is 435 g/mol. The maximum absolute atomic E-state index is 11.3. The molecule has 6 nitrogen and oxygen atoms in total. The highest BCUT2D eigenvalue weighted by Gasteiger charge is 2.07. The smallest absolute Gasteiger partial charge is 0.191 e. The molecule has 0 saturated carbocycles. The van der Waals surface area contributed by atoms with E-state index < -0.39 is 9.84 Å². The van der Waals surface area contributed by atoms with Crippen molar-refractivity contribution in [2.24, 2.45) is 10.9 Å². The molecule has 21 heavy (non-hydrogen) atoms. The van der Waals surface area contributed by atoms with Gasteiger partial charge in [0.25, 0.3) is 0 Å². The van der Waals surface area contributed by atoms with Crippen LogP contribution >= 0.6 is 24.0 Å². The second-order valence-electron chi connectivity index (χ2n) is 4.96. The summed E-state index contributed by atoms with van der Waals surface area (Å²) in [6.07, 6.45) is 1.06. The quantitative estimate of drug-likeness (QED) is 0.234. The van der Waals surface area contributed by atoms with Crippen LogP contribution in [-0.4, -0.2) is 59.2 Å². The number of nitrogens with zero attached hydrogens (tertiary/aromatic N) is 1. The van der Waals surface area contributed by atoms with E-state index in [1.54, 1.807) is 14.0 Å². The van der Waals surface area contributed by atoms with E-state index in [1.807, 2.05) is 0 Å². The normalized spacial score (nSPS) is 12.1. The van der Waals surface area contributed by atoms with Crippen molar-refractivity contribution in [1.29, 1.82) is 0 Å².